The molecular formula is C10H10FN3O2. The zero-order valence-corrected chi connectivity index (χ0v) is 8.68. The minimum Gasteiger partial charge on any atom is -0.311 e. The third kappa shape index (κ3) is 1.86. The summed E-state index contributed by atoms with van der Waals surface area (Å²) in [6.45, 7) is 0.258. The number of nitrogens with zero attached hydrogens (tertiary/aromatic N) is 3. The summed E-state index contributed by atoms with van der Waals surface area (Å²) in [5.41, 5.74) is 0.615. The van der Waals surface area contributed by atoms with E-state index in [1.807, 2.05) is 0 Å². The molecule has 1 saturated heterocycles. The lowest BCUT2D eigenvalue weighted by molar-refractivity contribution is -0.124. The summed E-state index contributed by atoms with van der Waals surface area (Å²) >= 11 is 0. The van der Waals surface area contributed by atoms with E-state index in [1.165, 1.54) is 24.2 Å². The smallest absolute Gasteiger partial charge is 0.311 e. The van der Waals surface area contributed by atoms with E-state index in [4.69, 9.17) is 0 Å². The number of aromatic nitrogens is 1. The molecule has 1 aliphatic rings. The number of amides is 3. The monoisotopic (exact) mass is 223 g/mol. The van der Waals surface area contributed by atoms with Gasteiger partial charge in [-0.25, -0.2) is 9.78 Å². The van der Waals surface area contributed by atoms with Gasteiger partial charge in [0.25, 0.3) is 0 Å². The Balaban J connectivity index is 2.12. The zero-order valence-electron chi connectivity index (χ0n) is 8.68. The highest BCUT2D eigenvalue weighted by molar-refractivity contribution is 6.01. The minimum absolute atomic E-state index is 0.0409. The van der Waals surface area contributed by atoms with Crippen molar-refractivity contribution in [1.82, 2.24) is 14.8 Å². The largest absolute Gasteiger partial charge is 0.327 e. The van der Waals surface area contributed by atoms with Crippen LogP contribution in [-0.4, -0.2) is 40.3 Å². The van der Waals surface area contributed by atoms with Gasteiger partial charge in [0.1, 0.15) is 6.54 Å². The Morgan fingerprint density at radius 3 is 2.81 bits per heavy atom. The van der Waals surface area contributed by atoms with Crippen molar-refractivity contribution in [3.63, 3.8) is 0 Å². The molecule has 3 amide bonds. The van der Waals surface area contributed by atoms with Crippen LogP contribution < -0.4 is 0 Å². The summed E-state index contributed by atoms with van der Waals surface area (Å²) in [4.78, 5) is 28.6. The van der Waals surface area contributed by atoms with E-state index in [2.05, 4.69) is 4.98 Å². The number of pyridine rings is 1. The van der Waals surface area contributed by atoms with Crippen LogP contribution in [0.1, 0.15) is 5.56 Å². The molecule has 0 N–H and O–H groups in total. The maximum Gasteiger partial charge on any atom is 0.327 e. The van der Waals surface area contributed by atoms with Crippen molar-refractivity contribution in [1.29, 1.82) is 0 Å². The molecule has 0 saturated carbocycles. The molecule has 1 aromatic heterocycles. The number of halogens is 1. The van der Waals surface area contributed by atoms with Crippen LogP contribution in [0.2, 0.25) is 0 Å². The highest BCUT2D eigenvalue weighted by atomic mass is 19.1. The normalized spacial score (nSPS) is 16.1. The van der Waals surface area contributed by atoms with Crippen LogP contribution in [0.15, 0.2) is 18.3 Å². The molecule has 2 heterocycles. The lowest BCUT2D eigenvalue weighted by Gasteiger charge is -2.14. The summed E-state index contributed by atoms with van der Waals surface area (Å²) in [5, 5.41) is 0. The number of rotatable bonds is 2. The molecule has 0 aliphatic carbocycles. The van der Waals surface area contributed by atoms with Crippen molar-refractivity contribution in [2.45, 2.75) is 6.54 Å². The van der Waals surface area contributed by atoms with E-state index in [0.29, 0.717) is 5.56 Å². The molecule has 5 nitrogen and oxygen atoms in total. The van der Waals surface area contributed by atoms with Crippen LogP contribution in [0.4, 0.5) is 9.18 Å². The Bertz CT molecular complexity index is 449. The third-order valence-electron chi connectivity index (χ3n) is 2.42. The van der Waals surface area contributed by atoms with Gasteiger partial charge in [-0.05, 0) is 17.7 Å². The van der Waals surface area contributed by atoms with E-state index < -0.39 is 5.95 Å². The summed E-state index contributed by atoms with van der Waals surface area (Å²) < 4.78 is 12.8. The number of imide groups is 1. The molecule has 0 spiro atoms. The van der Waals surface area contributed by atoms with Gasteiger partial charge in [0.15, 0.2) is 0 Å². The van der Waals surface area contributed by atoms with Crippen LogP contribution in [-0.2, 0) is 11.3 Å². The Hall–Kier alpha value is -1.98. The van der Waals surface area contributed by atoms with Crippen LogP contribution in [0.5, 0.6) is 0 Å². The lowest BCUT2D eigenvalue weighted by atomic mass is 10.2. The number of carbonyl (C=O) groups is 2. The van der Waals surface area contributed by atoms with E-state index in [0.717, 1.165) is 4.90 Å². The van der Waals surface area contributed by atoms with Crippen molar-refractivity contribution in [3.05, 3.63) is 29.8 Å². The van der Waals surface area contributed by atoms with Gasteiger partial charge in [-0.3, -0.25) is 9.69 Å². The fourth-order valence-corrected chi connectivity index (χ4v) is 1.54. The summed E-state index contributed by atoms with van der Waals surface area (Å²) in [6, 6.07) is 2.50. The summed E-state index contributed by atoms with van der Waals surface area (Å²) in [5.74, 6) is -0.844. The summed E-state index contributed by atoms with van der Waals surface area (Å²) in [6.07, 6.45) is 1.33. The topological polar surface area (TPSA) is 53.5 Å². The number of urea groups is 1. The molecule has 1 fully saturated rings. The molecule has 6 heteroatoms. The van der Waals surface area contributed by atoms with Crippen molar-refractivity contribution in [2.75, 3.05) is 13.6 Å². The Morgan fingerprint density at radius 1 is 1.50 bits per heavy atom. The number of hydrogen-bond donors (Lipinski definition) is 0. The molecule has 1 aromatic rings. The van der Waals surface area contributed by atoms with Crippen LogP contribution in [0.25, 0.3) is 0 Å². The number of hydrogen-bond acceptors (Lipinski definition) is 3. The van der Waals surface area contributed by atoms with Gasteiger partial charge in [0, 0.05) is 19.8 Å². The fraction of sp³-hybridized carbons (Fsp3) is 0.300. The molecule has 0 unspecified atom stereocenters. The summed E-state index contributed by atoms with van der Waals surface area (Å²) in [7, 11) is 1.43. The third-order valence-corrected chi connectivity index (χ3v) is 2.42. The minimum atomic E-state index is -0.594. The van der Waals surface area contributed by atoms with E-state index in [-0.39, 0.29) is 25.0 Å². The Morgan fingerprint density at radius 2 is 2.25 bits per heavy atom. The van der Waals surface area contributed by atoms with Crippen molar-refractivity contribution >= 4 is 11.9 Å². The highest BCUT2D eigenvalue weighted by Crippen LogP contribution is 2.12. The van der Waals surface area contributed by atoms with Gasteiger partial charge in [0.2, 0.25) is 11.9 Å². The predicted molar refractivity (Wildman–Crippen MR) is 52.8 cm³/mol. The predicted octanol–water partition coefficient (Wildman–Crippen LogP) is 0.615. The average molecular weight is 223 g/mol. The Kier molecular flexibility index (Phi) is 2.55. The molecule has 2 rings (SSSR count). The van der Waals surface area contributed by atoms with E-state index in [1.54, 1.807) is 6.07 Å². The average Bonchev–Trinajstić information content (AvgIpc) is 2.47. The standard InChI is InChI=1S/C10H10FN3O2/c1-13-9(15)6-14(10(13)16)5-7-2-3-12-8(11)4-7/h2-4H,5-6H2,1H3. The number of likely N-dealkylation sites (N-methyl/N-ethyl adjacent to an activating group) is 1. The number of carbonyl (C=O) groups excluding carboxylic acids is 2. The van der Waals surface area contributed by atoms with Gasteiger partial charge < -0.3 is 4.90 Å². The molecule has 0 aromatic carbocycles. The molecular weight excluding hydrogens is 213 g/mol. The fourth-order valence-electron chi connectivity index (χ4n) is 1.54. The van der Waals surface area contributed by atoms with Gasteiger partial charge in [-0.1, -0.05) is 0 Å². The zero-order chi connectivity index (χ0) is 11.7. The first-order valence-corrected chi connectivity index (χ1v) is 4.74. The maximum absolute atomic E-state index is 12.8. The highest BCUT2D eigenvalue weighted by Gasteiger charge is 2.32. The van der Waals surface area contributed by atoms with Gasteiger partial charge in [0.05, 0.1) is 0 Å². The van der Waals surface area contributed by atoms with E-state index >= 15 is 0 Å². The second-order valence-corrected chi connectivity index (χ2v) is 3.58. The van der Waals surface area contributed by atoms with Crippen LogP contribution in [0.3, 0.4) is 0 Å². The first kappa shape index (κ1) is 10.5. The van der Waals surface area contributed by atoms with Crippen molar-refractivity contribution in [3.8, 4) is 0 Å². The molecule has 0 radical (unpaired) electrons. The second-order valence-electron chi connectivity index (χ2n) is 3.58. The lowest BCUT2D eigenvalue weighted by Crippen LogP contribution is -2.29. The quantitative estimate of drug-likeness (QED) is 0.545. The molecule has 84 valence electrons. The maximum atomic E-state index is 12.8. The molecule has 16 heavy (non-hydrogen) atoms. The van der Waals surface area contributed by atoms with Gasteiger partial charge in [-0.2, -0.15) is 4.39 Å². The molecule has 0 atom stereocenters. The van der Waals surface area contributed by atoms with Gasteiger partial charge in [-0.15, -0.1) is 0 Å². The van der Waals surface area contributed by atoms with Gasteiger partial charge >= 0.3 is 6.03 Å². The first-order chi connectivity index (χ1) is 7.58. The van der Waals surface area contributed by atoms with Crippen molar-refractivity contribution < 1.29 is 14.0 Å². The Labute approximate surface area is 91.5 Å². The van der Waals surface area contributed by atoms with Crippen LogP contribution in [0, 0.1) is 5.95 Å². The second kappa shape index (κ2) is 3.88. The molecule has 1 aliphatic heterocycles. The van der Waals surface area contributed by atoms with Crippen LogP contribution >= 0.6 is 0 Å². The SMILES string of the molecule is CN1C(=O)CN(Cc2ccnc(F)c2)C1=O. The van der Waals surface area contributed by atoms with Crippen molar-refractivity contribution in [2.24, 2.45) is 0 Å². The molecule has 0 bridgehead atoms. The van der Waals surface area contributed by atoms with E-state index in [9.17, 15) is 14.0 Å². The first-order valence-electron chi connectivity index (χ1n) is 4.74.